The maximum Gasteiger partial charge on any atom is 0.0101 e. The van der Waals surface area contributed by atoms with Crippen LogP contribution in [0.15, 0.2) is 0 Å². The molecule has 0 aliphatic heterocycles. The molecule has 2 aliphatic rings. The van der Waals surface area contributed by atoms with Gasteiger partial charge in [0.05, 0.1) is 0 Å². The van der Waals surface area contributed by atoms with E-state index in [0.717, 1.165) is 11.8 Å². The van der Waals surface area contributed by atoms with Crippen molar-refractivity contribution in [2.45, 2.75) is 39.2 Å². The molecule has 0 spiro atoms. The van der Waals surface area contributed by atoms with Gasteiger partial charge < -0.3 is 5.73 Å². The molecule has 0 heterocycles. The number of hydrogen-bond acceptors (Lipinski definition) is 1. The van der Waals surface area contributed by atoms with Crippen molar-refractivity contribution in [3.63, 3.8) is 0 Å². The van der Waals surface area contributed by atoms with Crippen molar-refractivity contribution >= 4 is 0 Å². The molecule has 10 heavy (non-hydrogen) atoms. The highest BCUT2D eigenvalue weighted by molar-refractivity contribution is 5.04. The van der Waals surface area contributed by atoms with Gasteiger partial charge in [0.1, 0.15) is 0 Å². The zero-order valence-electron chi connectivity index (χ0n) is 6.93. The van der Waals surface area contributed by atoms with E-state index in [1.807, 2.05) is 0 Å². The van der Waals surface area contributed by atoms with E-state index in [2.05, 4.69) is 13.8 Å². The molecule has 2 fully saturated rings. The summed E-state index contributed by atoms with van der Waals surface area (Å²) in [4.78, 5) is 0. The molecule has 0 radical (unpaired) electrons. The van der Waals surface area contributed by atoms with Crippen LogP contribution in [0.2, 0.25) is 0 Å². The van der Waals surface area contributed by atoms with Gasteiger partial charge in [-0.3, -0.25) is 0 Å². The number of hydrogen-bond donors (Lipinski definition) is 1. The van der Waals surface area contributed by atoms with Gasteiger partial charge in [-0.25, -0.2) is 0 Å². The van der Waals surface area contributed by atoms with Crippen molar-refractivity contribution in [1.82, 2.24) is 0 Å². The van der Waals surface area contributed by atoms with Crippen molar-refractivity contribution in [2.24, 2.45) is 23.0 Å². The third-order valence-corrected chi connectivity index (χ3v) is 3.22. The highest BCUT2D eigenvalue weighted by Gasteiger charge is 2.52. The first-order valence-electron chi connectivity index (χ1n) is 4.37. The second kappa shape index (κ2) is 1.76. The Bertz CT molecular complexity index is 147. The minimum absolute atomic E-state index is 0.537. The van der Waals surface area contributed by atoms with Gasteiger partial charge in [0.2, 0.25) is 0 Å². The fraction of sp³-hybridized carbons (Fsp3) is 1.00. The van der Waals surface area contributed by atoms with Gasteiger partial charge in [-0.2, -0.15) is 0 Å². The lowest BCUT2D eigenvalue weighted by molar-refractivity contribution is 0.444. The molecule has 2 rings (SSSR count). The van der Waals surface area contributed by atoms with Crippen LogP contribution >= 0.6 is 0 Å². The predicted molar refractivity (Wildman–Crippen MR) is 42.6 cm³/mol. The molecule has 1 nitrogen and oxygen atoms in total. The second-order valence-corrected chi connectivity index (χ2v) is 4.71. The van der Waals surface area contributed by atoms with Crippen molar-refractivity contribution in [3.8, 4) is 0 Å². The van der Waals surface area contributed by atoms with Crippen LogP contribution in [0.5, 0.6) is 0 Å². The Morgan fingerprint density at radius 2 is 1.90 bits per heavy atom. The lowest BCUT2D eigenvalue weighted by atomic mass is 10.0. The van der Waals surface area contributed by atoms with E-state index in [1.165, 1.54) is 19.3 Å². The van der Waals surface area contributed by atoms with E-state index in [0.29, 0.717) is 11.5 Å². The summed E-state index contributed by atoms with van der Waals surface area (Å²) in [7, 11) is 0. The van der Waals surface area contributed by atoms with Crippen LogP contribution in [-0.4, -0.2) is 6.04 Å². The zero-order chi connectivity index (χ0) is 7.35. The molecule has 0 aromatic carbocycles. The molecular formula is C9H17N. The van der Waals surface area contributed by atoms with Crippen molar-refractivity contribution in [3.05, 3.63) is 0 Å². The summed E-state index contributed by atoms with van der Waals surface area (Å²) in [6.45, 7) is 4.67. The molecule has 2 unspecified atom stereocenters. The quantitative estimate of drug-likeness (QED) is 0.620. The minimum Gasteiger partial charge on any atom is -0.327 e. The summed E-state index contributed by atoms with van der Waals surface area (Å²) in [5, 5.41) is 0. The Kier molecular flexibility index (Phi) is 1.17. The van der Waals surface area contributed by atoms with Crippen LogP contribution in [-0.2, 0) is 0 Å². The summed E-state index contributed by atoms with van der Waals surface area (Å²) in [5.41, 5.74) is 6.65. The Morgan fingerprint density at radius 1 is 1.40 bits per heavy atom. The molecule has 2 saturated carbocycles. The first-order valence-corrected chi connectivity index (χ1v) is 4.37. The van der Waals surface area contributed by atoms with Crippen LogP contribution in [0.3, 0.4) is 0 Å². The SMILES string of the molecule is CC1(C)CC1C(N)C1CC1. The smallest absolute Gasteiger partial charge is 0.0101 e. The Labute approximate surface area is 63.0 Å². The molecule has 2 atom stereocenters. The van der Waals surface area contributed by atoms with Gasteiger partial charge >= 0.3 is 0 Å². The van der Waals surface area contributed by atoms with Crippen LogP contribution in [0.1, 0.15) is 33.1 Å². The molecule has 0 aromatic rings. The van der Waals surface area contributed by atoms with E-state index >= 15 is 0 Å². The van der Waals surface area contributed by atoms with Crippen molar-refractivity contribution < 1.29 is 0 Å². The monoisotopic (exact) mass is 139 g/mol. The highest BCUT2D eigenvalue weighted by Crippen LogP contribution is 2.56. The summed E-state index contributed by atoms with van der Waals surface area (Å²) in [5.74, 6) is 1.74. The summed E-state index contributed by atoms with van der Waals surface area (Å²) in [6.07, 6.45) is 4.16. The van der Waals surface area contributed by atoms with E-state index < -0.39 is 0 Å². The normalized spacial score (nSPS) is 39.3. The summed E-state index contributed by atoms with van der Waals surface area (Å²) in [6, 6.07) is 0.537. The Hall–Kier alpha value is -0.0400. The lowest BCUT2D eigenvalue weighted by Crippen LogP contribution is -2.26. The second-order valence-electron chi connectivity index (χ2n) is 4.71. The Morgan fingerprint density at radius 3 is 2.20 bits per heavy atom. The first-order chi connectivity index (χ1) is 4.61. The van der Waals surface area contributed by atoms with Crippen molar-refractivity contribution in [2.75, 3.05) is 0 Å². The molecule has 58 valence electrons. The zero-order valence-corrected chi connectivity index (χ0v) is 6.93. The van der Waals surface area contributed by atoms with Gasteiger partial charge in [-0.05, 0) is 36.5 Å². The van der Waals surface area contributed by atoms with E-state index in [4.69, 9.17) is 5.73 Å². The molecule has 0 aromatic heterocycles. The van der Waals surface area contributed by atoms with E-state index in [1.54, 1.807) is 0 Å². The molecular weight excluding hydrogens is 122 g/mol. The molecule has 2 N–H and O–H groups in total. The van der Waals surface area contributed by atoms with Crippen molar-refractivity contribution in [1.29, 1.82) is 0 Å². The largest absolute Gasteiger partial charge is 0.327 e. The van der Waals surface area contributed by atoms with Crippen LogP contribution in [0.4, 0.5) is 0 Å². The summed E-state index contributed by atoms with van der Waals surface area (Å²) < 4.78 is 0. The molecule has 0 amide bonds. The molecule has 1 heteroatoms. The number of nitrogens with two attached hydrogens (primary N) is 1. The van der Waals surface area contributed by atoms with E-state index in [-0.39, 0.29) is 0 Å². The standard InChI is InChI=1S/C9H17N/c1-9(2)5-7(9)8(10)6-3-4-6/h6-8H,3-5,10H2,1-2H3. The average molecular weight is 139 g/mol. The first kappa shape index (κ1) is 6.66. The van der Waals surface area contributed by atoms with Crippen LogP contribution in [0.25, 0.3) is 0 Å². The van der Waals surface area contributed by atoms with Gasteiger partial charge in [-0.1, -0.05) is 13.8 Å². The predicted octanol–water partition coefficient (Wildman–Crippen LogP) is 1.77. The average Bonchev–Trinajstić information content (AvgIpc) is 2.62. The molecule has 0 bridgehead atoms. The fourth-order valence-electron chi connectivity index (χ4n) is 1.97. The molecule has 0 saturated heterocycles. The van der Waals surface area contributed by atoms with Gasteiger partial charge in [-0.15, -0.1) is 0 Å². The van der Waals surface area contributed by atoms with Crippen LogP contribution < -0.4 is 5.73 Å². The lowest BCUT2D eigenvalue weighted by Gasteiger charge is -2.11. The maximum absolute atomic E-state index is 6.06. The highest BCUT2D eigenvalue weighted by atomic mass is 14.8. The van der Waals surface area contributed by atoms with Crippen LogP contribution in [0, 0.1) is 17.3 Å². The van der Waals surface area contributed by atoms with Gasteiger partial charge in [0.25, 0.3) is 0 Å². The Balaban J connectivity index is 1.89. The maximum atomic E-state index is 6.06. The van der Waals surface area contributed by atoms with E-state index in [9.17, 15) is 0 Å². The fourth-order valence-corrected chi connectivity index (χ4v) is 1.97. The van der Waals surface area contributed by atoms with Gasteiger partial charge in [0.15, 0.2) is 0 Å². The third kappa shape index (κ3) is 0.968. The van der Waals surface area contributed by atoms with Gasteiger partial charge in [0, 0.05) is 6.04 Å². The number of rotatable bonds is 2. The third-order valence-electron chi connectivity index (χ3n) is 3.22. The summed E-state index contributed by atoms with van der Waals surface area (Å²) >= 11 is 0. The topological polar surface area (TPSA) is 26.0 Å². The minimum atomic E-state index is 0.537. The molecule has 2 aliphatic carbocycles.